The Bertz CT molecular complexity index is 1130. The van der Waals surface area contributed by atoms with Crippen molar-refractivity contribution in [3.05, 3.63) is 42.0 Å². The quantitative estimate of drug-likeness (QED) is 0.585. The summed E-state index contributed by atoms with van der Waals surface area (Å²) in [5, 5.41) is 2.90. The molecular formula is C23H29N3O7S. The Morgan fingerprint density at radius 1 is 0.941 bits per heavy atom. The van der Waals surface area contributed by atoms with Gasteiger partial charge in [0, 0.05) is 38.8 Å². The van der Waals surface area contributed by atoms with Crippen LogP contribution in [0.5, 0.6) is 23.0 Å². The normalized spacial score (nSPS) is 16.6. The molecule has 1 N–H and O–H groups in total. The highest BCUT2D eigenvalue weighted by atomic mass is 32.2. The fourth-order valence-electron chi connectivity index (χ4n) is 3.91. The van der Waals surface area contributed by atoms with Crippen LogP contribution in [0.4, 0.5) is 0 Å². The van der Waals surface area contributed by atoms with Gasteiger partial charge < -0.3 is 24.3 Å². The first-order valence-corrected chi connectivity index (χ1v) is 12.4. The first kappa shape index (κ1) is 24.1. The average Bonchev–Trinajstić information content (AvgIpc) is 2.87. The van der Waals surface area contributed by atoms with Crippen molar-refractivity contribution in [2.75, 3.05) is 60.2 Å². The number of carbonyl (C=O) groups excluding carboxylic acids is 1. The lowest BCUT2D eigenvalue weighted by Gasteiger charge is -2.33. The molecule has 0 saturated carbocycles. The molecule has 0 aromatic heterocycles. The summed E-state index contributed by atoms with van der Waals surface area (Å²) in [5.41, 5.74) is 0.890. The van der Waals surface area contributed by atoms with Crippen molar-refractivity contribution >= 4 is 15.9 Å². The Labute approximate surface area is 199 Å². The molecule has 2 aliphatic rings. The molecule has 1 fully saturated rings. The van der Waals surface area contributed by atoms with Gasteiger partial charge in [-0.3, -0.25) is 9.69 Å². The lowest BCUT2D eigenvalue weighted by atomic mass is 10.2. The molecule has 34 heavy (non-hydrogen) atoms. The Morgan fingerprint density at radius 3 is 2.35 bits per heavy atom. The number of hydrogen-bond donors (Lipinski definition) is 1. The Balaban J connectivity index is 1.28. The number of fused-ring (bicyclic) bond motifs is 1. The van der Waals surface area contributed by atoms with Crippen LogP contribution in [-0.4, -0.2) is 83.7 Å². The minimum absolute atomic E-state index is 0.127. The minimum atomic E-state index is -3.66. The molecule has 0 atom stereocenters. The second-order valence-corrected chi connectivity index (χ2v) is 9.89. The van der Waals surface area contributed by atoms with Crippen LogP contribution in [0, 0.1) is 0 Å². The SMILES string of the molecule is COc1ccc(CNC(=O)CN2CCN(S(=O)(=O)c3ccc4c(c3)OCCO4)CC2)cc1OC. The van der Waals surface area contributed by atoms with E-state index in [1.54, 1.807) is 26.4 Å². The first-order valence-electron chi connectivity index (χ1n) is 11.0. The zero-order valence-corrected chi connectivity index (χ0v) is 20.1. The molecule has 10 nitrogen and oxygen atoms in total. The van der Waals surface area contributed by atoms with Crippen LogP contribution in [0.2, 0.25) is 0 Å². The Hall–Kier alpha value is -3.02. The van der Waals surface area contributed by atoms with Crippen LogP contribution in [0.15, 0.2) is 41.3 Å². The van der Waals surface area contributed by atoms with Crippen LogP contribution in [0.25, 0.3) is 0 Å². The molecule has 184 valence electrons. The van der Waals surface area contributed by atoms with Gasteiger partial charge in [0.25, 0.3) is 0 Å². The number of nitrogens with one attached hydrogen (secondary N) is 1. The maximum absolute atomic E-state index is 13.1. The monoisotopic (exact) mass is 491 g/mol. The van der Waals surface area contributed by atoms with E-state index in [4.69, 9.17) is 18.9 Å². The third-order valence-corrected chi connectivity index (χ3v) is 7.68. The van der Waals surface area contributed by atoms with E-state index in [-0.39, 0.29) is 17.3 Å². The van der Waals surface area contributed by atoms with Gasteiger partial charge in [-0.15, -0.1) is 0 Å². The summed E-state index contributed by atoms with van der Waals surface area (Å²) in [6.45, 7) is 2.94. The minimum Gasteiger partial charge on any atom is -0.493 e. The highest BCUT2D eigenvalue weighted by Gasteiger charge is 2.30. The van der Waals surface area contributed by atoms with Crippen molar-refractivity contribution in [3.8, 4) is 23.0 Å². The zero-order chi connectivity index (χ0) is 24.1. The molecule has 0 aliphatic carbocycles. The fraction of sp³-hybridized carbons (Fsp3) is 0.435. The molecule has 0 bridgehead atoms. The van der Waals surface area contributed by atoms with Gasteiger partial charge in [0.05, 0.1) is 25.7 Å². The molecule has 11 heteroatoms. The maximum Gasteiger partial charge on any atom is 0.243 e. The number of ether oxygens (including phenoxy) is 4. The van der Waals surface area contributed by atoms with Gasteiger partial charge in [-0.05, 0) is 29.8 Å². The number of hydrogen-bond acceptors (Lipinski definition) is 8. The molecule has 1 saturated heterocycles. The molecule has 0 radical (unpaired) electrons. The summed E-state index contributed by atoms with van der Waals surface area (Å²) in [6, 6.07) is 10.2. The summed E-state index contributed by atoms with van der Waals surface area (Å²) in [7, 11) is -0.524. The van der Waals surface area contributed by atoms with E-state index in [1.165, 1.54) is 16.4 Å². The van der Waals surface area contributed by atoms with Crippen molar-refractivity contribution in [1.29, 1.82) is 0 Å². The van der Waals surface area contributed by atoms with E-state index >= 15 is 0 Å². The molecule has 4 rings (SSSR count). The van der Waals surface area contributed by atoms with E-state index in [1.807, 2.05) is 17.0 Å². The lowest BCUT2D eigenvalue weighted by Crippen LogP contribution is -2.50. The van der Waals surface area contributed by atoms with Crippen molar-refractivity contribution < 1.29 is 32.2 Å². The van der Waals surface area contributed by atoms with Gasteiger partial charge in [-0.1, -0.05) is 6.07 Å². The first-order chi connectivity index (χ1) is 16.4. The topological polar surface area (TPSA) is 107 Å². The van der Waals surface area contributed by atoms with Crippen LogP contribution in [0.1, 0.15) is 5.56 Å². The van der Waals surface area contributed by atoms with E-state index in [0.717, 1.165) is 5.56 Å². The molecule has 2 aromatic rings. The van der Waals surface area contributed by atoms with Crippen LogP contribution in [-0.2, 0) is 21.4 Å². The summed E-state index contributed by atoms with van der Waals surface area (Å²) in [6.07, 6.45) is 0. The number of sulfonamides is 1. The zero-order valence-electron chi connectivity index (χ0n) is 19.3. The largest absolute Gasteiger partial charge is 0.493 e. The lowest BCUT2D eigenvalue weighted by molar-refractivity contribution is -0.122. The van der Waals surface area contributed by atoms with Crippen molar-refractivity contribution in [3.63, 3.8) is 0 Å². The van der Waals surface area contributed by atoms with Crippen LogP contribution in [0.3, 0.4) is 0 Å². The number of rotatable bonds is 8. The van der Waals surface area contributed by atoms with Crippen LogP contribution < -0.4 is 24.3 Å². The molecular weight excluding hydrogens is 462 g/mol. The second-order valence-electron chi connectivity index (χ2n) is 7.95. The second kappa shape index (κ2) is 10.5. The molecule has 0 unspecified atom stereocenters. The van der Waals surface area contributed by atoms with E-state index in [2.05, 4.69) is 5.32 Å². The van der Waals surface area contributed by atoms with Gasteiger partial charge in [0.1, 0.15) is 13.2 Å². The van der Waals surface area contributed by atoms with E-state index in [9.17, 15) is 13.2 Å². The predicted octanol–water partition coefficient (Wildman–Crippen LogP) is 1.10. The van der Waals surface area contributed by atoms with Crippen molar-refractivity contribution in [2.45, 2.75) is 11.4 Å². The van der Waals surface area contributed by atoms with Crippen molar-refractivity contribution in [2.24, 2.45) is 0 Å². The van der Waals surface area contributed by atoms with Crippen LogP contribution >= 0.6 is 0 Å². The number of amides is 1. The average molecular weight is 492 g/mol. The number of methoxy groups -OCH3 is 2. The third kappa shape index (κ3) is 5.37. The summed E-state index contributed by atoms with van der Waals surface area (Å²) in [4.78, 5) is 14.6. The standard InChI is InChI=1S/C23H29N3O7S/c1-30-19-5-3-17(13-21(19)31-2)15-24-23(27)16-25-7-9-26(10-8-25)34(28,29)18-4-6-20-22(14-18)33-12-11-32-20/h3-6,13-14H,7-12,15-16H2,1-2H3,(H,24,27). The summed E-state index contributed by atoms with van der Waals surface area (Å²) < 4.78 is 49.1. The molecule has 2 aromatic carbocycles. The predicted molar refractivity (Wildman–Crippen MR) is 124 cm³/mol. The number of carbonyl (C=O) groups is 1. The van der Waals surface area contributed by atoms with E-state index in [0.29, 0.717) is 68.9 Å². The third-order valence-electron chi connectivity index (χ3n) is 5.79. The highest BCUT2D eigenvalue weighted by molar-refractivity contribution is 7.89. The Morgan fingerprint density at radius 2 is 1.65 bits per heavy atom. The maximum atomic E-state index is 13.1. The summed E-state index contributed by atoms with van der Waals surface area (Å²) in [5.74, 6) is 2.09. The Kier molecular flexibility index (Phi) is 7.44. The van der Waals surface area contributed by atoms with Gasteiger partial charge in [-0.2, -0.15) is 4.31 Å². The van der Waals surface area contributed by atoms with E-state index < -0.39 is 10.0 Å². The molecule has 0 spiro atoms. The number of nitrogens with zero attached hydrogens (tertiary/aromatic N) is 2. The van der Waals surface area contributed by atoms with Gasteiger partial charge in [0.15, 0.2) is 23.0 Å². The highest BCUT2D eigenvalue weighted by Crippen LogP contribution is 2.33. The van der Waals surface area contributed by atoms with Gasteiger partial charge in [0.2, 0.25) is 15.9 Å². The van der Waals surface area contributed by atoms with Crippen molar-refractivity contribution in [1.82, 2.24) is 14.5 Å². The molecule has 2 aliphatic heterocycles. The molecule has 1 amide bonds. The molecule has 2 heterocycles. The van der Waals surface area contributed by atoms with Gasteiger partial charge >= 0.3 is 0 Å². The van der Waals surface area contributed by atoms with Gasteiger partial charge in [-0.25, -0.2) is 8.42 Å². The smallest absolute Gasteiger partial charge is 0.243 e. The summed E-state index contributed by atoms with van der Waals surface area (Å²) >= 11 is 0. The number of piperazine rings is 1. The fourth-order valence-corrected chi connectivity index (χ4v) is 5.35. The number of benzene rings is 2.